The number of hydrogen-bond acceptors (Lipinski definition) is 5. The van der Waals surface area contributed by atoms with Crippen molar-refractivity contribution in [1.29, 1.82) is 0 Å². The third-order valence-corrected chi connectivity index (χ3v) is 9.35. The molecule has 0 N–H and O–H groups in total. The van der Waals surface area contributed by atoms with Gasteiger partial charge < -0.3 is 8.83 Å². The predicted octanol–water partition coefficient (Wildman–Crippen LogP) is 12.0. The van der Waals surface area contributed by atoms with Crippen molar-refractivity contribution in [1.82, 2.24) is 15.0 Å². The quantitative estimate of drug-likeness (QED) is 0.187. The molecule has 3 heterocycles. The first-order chi connectivity index (χ1) is 24.8. The number of hydrogen-bond donors (Lipinski definition) is 0. The van der Waals surface area contributed by atoms with Gasteiger partial charge in [0.2, 0.25) is 0 Å². The van der Waals surface area contributed by atoms with Crippen LogP contribution in [0.1, 0.15) is 0 Å². The minimum absolute atomic E-state index is 0.581. The van der Waals surface area contributed by atoms with E-state index in [4.69, 9.17) is 23.8 Å². The summed E-state index contributed by atoms with van der Waals surface area (Å²) in [6.07, 6.45) is 0. The Labute approximate surface area is 287 Å². The Bertz CT molecular complexity index is 2870. The molecule has 0 spiro atoms. The fraction of sp³-hybridized carbons (Fsp3) is 0. The predicted molar refractivity (Wildman–Crippen MR) is 202 cm³/mol. The lowest BCUT2D eigenvalue weighted by molar-refractivity contribution is 0.665. The zero-order valence-electron chi connectivity index (χ0n) is 26.7. The summed E-state index contributed by atoms with van der Waals surface area (Å²) < 4.78 is 13.1. The van der Waals surface area contributed by atoms with Crippen LogP contribution in [-0.4, -0.2) is 15.0 Å². The molecule has 0 saturated heterocycles. The van der Waals surface area contributed by atoms with Gasteiger partial charge in [0, 0.05) is 49.4 Å². The molecule has 10 rings (SSSR count). The van der Waals surface area contributed by atoms with Crippen LogP contribution in [0.5, 0.6) is 0 Å². The number of para-hydroxylation sites is 3. The van der Waals surface area contributed by atoms with E-state index in [0.29, 0.717) is 17.5 Å². The topological polar surface area (TPSA) is 65.0 Å². The van der Waals surface area contributed by atoms with Crippen LogP contribution in [0.15, 0.2) is 173 Å². The number of benzene rings is 7. The second kappa shape index (κ2) is 11.4. The van der Waals surface area contributed by atoms with Gasteiger partial charge in [0.15, 0.2) is 17.5 Å². The molecule has 50 heavy (non-hydrogen) atoms. The summed E-state index contributed by atoms with van der Waals surface area (Å²) in [5.41, 5.74) is 10.1. The molecule has 0 fully saturated rings. The summed E-state index contributed by atoms with van der Waals surface area (Å²) >= 11 is 0. The molecule has 0 aliphatic rings. The molecular weight excluding hydrogens is 615 g/mol. The Morgan fingerprint density at radius 1 is 0.320 bits per heavy atom. The number of rotatable bonds is 5. The zero-order chi connectivity index (χ0) is 33.0. The van der Waals surface area contributed by atoms with E-state index in [1.54, 1.807) is 0 Å². The van der Waals surface area contributed by atoms with E-state index in [1.807, 2.05) is 66.7 Å². The van der Waals surface area contributed by atoms with E-state index in [1.165, 1.54) is 0 Å². The average molecular weight is 642 g/mol. The second-order valence-electron chi connectivity index (χ2n) is 12.4. The van der Waals surface area contributed by atoms with E-state index < -0.39 is 0 Å². The highest BCUT2D eigenvalue weighted by Gasteiger charge is 2.21. The van der Waals surface area contributed by atoms with Gasteiger partial charge in [-0.1, -0.05) is 146 Å². The maximum atomic E-state index is 6.70. The highest BCUT2D eigenvalue weighted by atomic mass is 16.3. The first-order valence-corrected chi connectivity index (χ1v) is 16.6. The summed E-state index contributed by atoms with van der Waals surface area (Å²) in [5, 5.41) is 4.11. The van der Waals surface area contributed by atoms with Crippen molar-refractivity contribution in [2.75, 3.05) is 0 Å². The molecule has 0 aliphatic carbocycles. The highest BCUT2D eigenvalue weighted by Crippen LogP contribution is 2.43. The van der Waals surface area contributed by atoms with E-state index in [0.717, 1.165) is 82.8 Å². The molecule has 0 bridgehead atoms. The van der Waals surface area contributed by atoms with Gasteiger partial charge in [0.25, 0.3) is 0 Å². The van der Waals surface area contributed by atoms with E-state index in [9.17, 15) is 0 Å². The first-order valence-electron chi connectivity index (χ1n) is 16.6. The van der Waals surface area contributed by atoms with E-state index >= 15 is 0 Å². The molecule has 0 radical (unpaired) electrons. The summed E-state index contributed by atoms with van der Waals surface area (Å²) in [5.74, 6) is 1.79. The molecule has 5 nitrogen and oxygen atoms in total. The van der Waals surface area contributed by atoms with Crippen LogP contribution in [0.25, 0.3) is 100 Å². The number of aromatic nitrogens is 3. The Balaban J connectivity index is 1.19. The van der Waals surface area contributed by atoms with Crippen LogP contribution in [0, 0.1) is 0 Å². The van der Waals surface area contributed by atoms with Gasteiger partial charge >= 0.3 is 0 Å². The van der Waals surface area contributed by atoms with Crippen molar-refractivity contribution >= 4 is 43.9 Å². The van der Waals surface area contributed by atoms with E-state index in [-0.39, 0.29) is 0 Å². The molecule has 0 aliphatic heterocycles. The molecular formula is C45H27N3O2. The van der Waals surface area contributed by atoms with Gasteiger partial charge in [-0.05, 0) is 29.3 Å². The monoisotopic (exact) mass is 641 g/mol. The Kier molecular flexibility index (Phi) is 6.42. The van der Waals surface area contributed by atoms with Crippen molar-refractivity contribution in [2.24, 2.45) is 0 Å². The maximum absolute atomic E-state index is 6.70. The summed E-state index contributed by atoms with van der Waals surface area (Å²) in [6.45, 7) is 0. The van der Waals surface area contributed by atoms with Crippen LogP contribution in [0.4, 0.5) is 0 Å². The third-order valence-electron chi connectivity index (χ3n) is 9.35. The molecule has 10 aromatic rings. The molecule has 5 heteroatoms. The lowest BCUT2D eigenvalue weighted by atomic mass is 9.98. The van der Waals surface area contributed by atoms with Crippen LogP contribution < -0.4 is 0 Å². The van der Waals surface area contributed by atoms with Crippen LogP contribution >= 0.6 is 0 Å². The molecule has 7 aromatic carbocycles. The smallest absolute Gasteiger partial charge is 0.164 e. The Morgan fingerprint density at radius 3 is 1.62 bits per heavy atom. The van der Waals surface area contributed by atoms with Gasteiger partial charge in [-0.15, -0.1) is 0 Å². The molecule has 0 amide bonds. The Hall–Kier alpha value is -6.85. The summed E-state index contributed by atoms with van der Waals surface area (Å²) in [6, 6.07) is 55.6. The lowest BCUT2D eigenvalue weighted by Crippen LogP contribution is -2.00. The standard InChI is InChI=1S/C45H27N3O2/c1-3-13-28(14-4-1)30-17-9-18-31(27-30)44-46-43(29-15-5-2-6-16-29)47-45(48-44)37-24-12-26-39-40(37)36-23-11-22-35(42(36)50-39)34-21-10-20-33-32-19-7-8-25-38(32)49-41(33)34/h1-27H. The fourth-order valence-electron chi connectivity index (χ4n) is 7.02. The number of nitrogens with zero attached hydrogens (tertiary/aromatic N) is 3. The second-order valence-corrected chi connectivity index (χ2v) is 12.4. The highest BCUT2D eigenvalue weighted by molar-refractivity contribution is 6.17. The van der Waals surface area contributed by atoms with Crippen LogP contribution in [-0.2, 0) is 0 Å². The van der Waals surface area contributed by atoms with E-state index in [2.05, 4.69) is 97.1 Å². The van der Waals surface area contributed by atoms with Crippen LogP contribution in [0.2, 0.25) is 0 Å². The van der Waals surface area contributed by atoms with Gasteiger partial charge in [-0.3, -0.25) is 0 Å². The zero-order valence-corrected chi connectivity index (χ0v) is 26.7. The van der Waals surface area contributed by atoms with Gasteiger partial charge in [-0.2, -0.15) is 0 Å². The van der Waals surface area contributed by atoms with Gasteiger partial charge in [-0.25, -0.2) is 15.0 Å². The third kappa shape index (κ3) is 4.60. The Morgan fingerprint density at radius 2 is 0.820 bits per heavy atom. The van der Waals surface area contributed by atoms with Gasteiger partial charge in [0.05, 0.1) is 0 Å². The number of furan rings is 2. The molecule has 0 atom stereocenters. The summed E-state index contributed by atoms with van der Waals surface area (Å²) in [4.78, 5) is 15.2. The number of fused-ring (bicyclic) bond motifs is 6. The van der Waals surface area contributed by atoms with Crippen molar-refractivity contribution in [2.45, 2.75) is 0 Å². The fourth-order valence-corrected chi connectivity index (χ4v) is 7.02. The van der Waals surface area contributed by atoms with Crippen LogP contribution in [0.3, 0.4) is 0 Å². The normalized spacial score (nSPS) is 11.6. The molecule has 234 valence electrons. The largest absolute Gasteiger partial charge is 0.455 e. The van der Waals surface area contributed by atoms with Crippen molar-refractivity contribution in [3.05, 3.63) is 164 Å². The first kappa shape index (κ1) is 28.2. The van der Waals surface area contributed by atoms with Crippen molar-refractivity contribution in [3.63, 3.8) is 0 Å². The molecule has 3 aromatic heterocycles. The van der Waals surface area contributed by atoms with Gasteiger partial charge in [0.1, 0.15) is 22.3 Å². The average Bonchev–Trinajstić information content (AvgIpc) is 3.77. The molecule has 0 unspecified atom stereocenters. The summed E-state index contributed by atoms with van der Waals surface area (Å²) in [7, 11) is 0. The minimum atomic E-state index is 0.581. The van der Waals surface area contributed by atoms with Crippen molar-refractivity contribution < 1.29 is 8.83 Å². The minimum Gasteiger partial charge on any atom is -0.455 e. The maximum Gasteiger partial charge on any atom is 0.164 e. The SMILES string of the molecule is c1ccc(-c2cccc(-c3nc(-c4ccccc4)nc(-c4cccc5oc6c(-c7cccc8c7oc7ccccc78)cccc6c45)n3)c2)cc1. The molecule has 0 saturated carbocycles. The van der Waals surface area contributed by atoms with Crippen molar-refractivity contribution in [3.8, 4) is 56.4 Å². The lowest BCUT2D eigenvalue weighted by Gasteiger charge is -2.10.